The zero-order valence-electron chi connectivity index (χ0n) is 8.29. The Morgan fingerprint density at radius 3 is 2.93 bits per heavy atom. The first kappa shape index (κ1) is 10.9. The van der Waals surface area contributed by atoms with Gasteiger partial charge in [-0.2, -0.15) is 0 Å². The first-order chi connectivity index (χ1) is 7.15. The van der Waals surface area contributed by atoms with Crippen LogP contribution >= 0.6 is 11.6 Å². The minimum Gasteiger partial charge on any atom is -0.392 e. The van der Waals surface area contributed by atoms with Gasteiger partial charge in [0.2, 0.25) is 0 Å². The molecule has 15 heavy (non-hydrogen) atoms. The number of hydrogen-bond acceptors (Lipinski definition) is 2. The highest BCUT2D eigenvalue weighted by Crippen LogP contribution is 2.19. The van der Waals surface area contributed by atoms with E-state index in [9.17, 15) is 9.50 Å². The number of β-amino-alcohol motifs (C(OH)–C–C–N with tert-alkyl or cyclic N) is 1. The number of rotatable bonds is 2. The number of hydrogen-bond donors (Lipinski definition) is 1. The van der Waals surface area contributed by atoms with Crippen LogP contribution in [0.3, 0.4) is 0 Å². The SMILES string of the molecule is O[C@@H]1CCN(Cc2ccc(F)c(Cl)c2)C1. The number of benzene rings is 1. The molecule has 0 aliphatic carbocycles. The van der Waals surface area contributed by atoms with Crippen LogP contribution in [0.1, 0.15) is 12.0 Å². The molecule has 0 unspecified atom stereocenters. The minimum absolute atomic E-state index is 0.159. The van der Waals surface area contributed by atoms with E-state index < -0.39 is 0 Å². The molecule has 1 aliphatic heterocycles. The normalized spacial score (nSPS) is 22.2. The lowest BCUT2D eigenvalue weighted by molar-refractivity contribution is 0.175. The average Bonchev–Trinajstić information content (AvgIpc) is 2.58. The topological polar surface area (TPSA) is 23.5 Å². The maximum Gasteiger partial charge on any atom is 0.141 e. The van der Waals surface area contributed by atoms with Crippen LogP contribution in [0.15, 0.2) is 18.2 Å². The summed E-state index contributed by atoms with van der Waals surface area (Å²) in [5, 5.41) is 9.51. The summed E-state index contributed by atoms with van der Waals surface area (Å²) in [6, 6.07) is 4.75. The molecule has 82 valence electrons. The van der Waals surface area contributed by atoms with Crippen LogP contribution in [-0.4, -0.2) is 29.2 Å². The van der Waals surface area contributed by atoms with E-state index in [2.05, 4.69) is 4.90 Å². The second-order valence-corrected chi connectivity index (χ2v) is 4.33. The summed E-state index contributed by atoms with van der Waals surface area (Å²) >= 11 is 5.69. The molecule has 0 amide bonds. The molecule has 0 bridgehead atoms. The molecule has 1 heterocycles. The summed E-state index contributed by atoms with van der Waals surface area (Å²) in [5.41, 5.74) is 0.982. The van der Waals surface area contributed by atoms with Crippen molar-refractivity contribution in [2.24, 2.45) is 0 Å². The van der Waals surface area contributed by atoms with Crippen molar-refractivity contribution in [2.75, 3.05) is 13.1 Å². The van der Waals surface area contributed by atoms with Crippen molar-refractivity contribution in [3.63, 3.8) is 0 Å². The van der Waals surface area contributed by atoms with E-state index >= 15 is 0 Å². The Kier molecular flexibility index (Phi) is 3.24. The molecule has 4 heteroatoms. The molecule has 1 saturated heterocycles. The summed E-state index contributed by atoms with van der Waals surface area (Å²) < 4.78 is 12.9. The fourth-order valence-electron chi connectivity index (χ4n) is 1.85. The predicted octanol–water partition coefficient (Wildman–Crippen LogP) is 2.05. The smallest absolute Gasteiger partial charge is 0.141 e. The van der Waals surface area contributed by atoms with Crippen molar-refractivity contribution in [1.82, 2.24) is 4.90 Å². The van der Waals surface area contributed by atoms with Crippen molar-refractivity contribution in [3.8, 4) is 0 Å². The lowest BCUT2D eigenvalue weighted by Crippen LogP contribution is -2.21. The molecular formula is C11H13ClFNO. The van der Waals surface area contributed by atoms with Gasteiger partial charge in [0, 0.05) is 19.6 Å². The van der Waals surface area contributed by atoms with Crippen LogP contribution in [-0.2, 0) is 6.54 Å². The number of halogens is 2. The van der Waals surface area contributed by atoms with Gasteiger partial charge in [0.25, 0.3) is 0 Å². The minimum atomic E-state index is -0.387. The van der Waals surface area contributed by atoms with E-state index in [1.807, 2.05) is 0 Å². The molecule has 2 nitrogen and oxygen atoms in total. The lowest BCUT2D eigenvalue weighted by Gasteiger charge is -2.14. The van der Waals surface area contributed by atoms with Gasteiger partial charge in [-0.1, -0.05) is 17.7 Å². The molecule has 1 aromatic carbocycles. The third kappa shape index (κ3) is 2.68. The van der Waals surface area contributed by atoms with Gasteiger partial charge in [-0.25, -0.2) is 4.39 Å². The first-order valence-electron chi connectivity index (χ1n) is 4.99. The monoisotopic (exact) mass is 229 g/mol. The first-order valence-corrected chi connectivity index (χ1v) is 5.37. The van der Waals surface area contributed by atoms with E-state index in [1.165, 1.54) is 6.07 Å². The van der Waals surface area contributed by atoms with Crippen LogP contribution in [0.5, 0.6) is 0 Å². The third-order valence-electron chi connectivity index (χ3n) is 2.64. The van der Waals surface area contributed by atoms with Crippen molar-refractivity contribution in [3.05, 3.63) is 34.6 Å². The van der Waals surface area contributed by atoms with Crippen molar-refractivity contribution in [1.29, 1.82) is 0 Å². The molecule has 1 atom stereocenters. The van der Waals surface area contributed by atoms with Gasteiger partial charge < -0.3 is 5.11 Å². The van der Waals surface area contributed by atoms with Gasteiger partial charge in [-0.15, -0.1) is 0 Å². The number of aliphatic hydroxyl groups excluding tert-OH is 1. The van der Waals surface area contributed by atoms with Crippen molar-refractivity contribution >= 4 is 11.6 Å². The Balaban J connectivity index is 2.02. The zero-order valence-corrected chi connectivity index (χ0v) is 9.04. The maximum absolute atomic E-state index is 12.9. The fourth-order valence-corrected chi connectivity index (χ4v) is 2.06. The summed E-state index contributed by atoms with van der Waals surface area (Å²) in [7, 11) is 0. The Labute approximate surface area is 93.3 Å². The fraction of sp³-hybridized carbons (Fsp3) is 0.455. The Bertz CT molecular complexity index is 358. The van der Waals surface area contributed by atoms with Crippen LogP contribution in [0.2, 0.25) is 5.02 Å². The van der Waals surface area contributed by atoms with E-state index in [0.29, 0.717) is 6.54 Å². The average molecular weight is 230 g/mol. The highest BCUT2D eigenvalue weighted by molar-refractivity contribution is 6.30. The van der Waals surface area contributed by atoms with Gasteiger partial charge in [0.05, 0.1) is 11.1 Å². The lowest BCUT2D eigenvalue weighted by atomic mass is 10.2. The summed E-state index contributed by atoms with van der Waals surface area (Å²) in [5.74, 6) is -0.387. The van der Waals surface area contributed by atoms with Gasteiger partial charge in [-0.05, 0) is 24.1 Å². The van der Waals surface area contributed by atoms with Gasteiger partial charge in [-0.3, -0.25) is 4.90 Å². The molecule has 2 rings (SSSR count). The van der Waals surface area contributed by atoms with Crippen LogP contribution in [0.25, 0.3) is 0 Å². The molecule has 1 N–H and O–H groups in total. The van der Waals surface area contributed by atoms with Crippen molar-refractivity contribution < 1.29 is 9.50 Å². The third-order valence-corrected chi connectivity index (χ3v) is 2.93. The molecular weight excluding hydrogens is 217 g/mol. The molecule has 1 aliphatic rings. The molecule has 1 fully saturated rings. The number of nitrogens with zero attached hydrogens (tertiary/aromatic N) is 1. The molecule has 0 saturated carbocycles. The van der Waals surface area contributed by atoms with E-state index in [0.717, 1.165) is 25.1 Å². The van der Waals surface area contributed by atoms with E-state index in [4.69, 9.17) is 11.6 Å². The second kappa shape index (κ2) is 4.47. The van der Waals surface area contributed by atoms with Crippen LogP contribution in [0.4, 0.5) is 4.39 Å². The Morgan fingerprint density at radius 1 is 1.53 bits per heavy atom. The maximum atomic E-state index is 12.9. The van der Waals surface area contributed by atoms with Gasteiger partial charge in [0.15, 0.2) is 0 Å². The standard InChI is InChI=1S/C11H13ClFNO/c12-10-5-8(1-2-11(10)13)6-14-4-3-9(15)7-14/h1-2,5,9,15H,3-4,6-7H2/t9-/m1/s1. The largest absolute Gasteiger partial charge is 0.392 e. The summed E-state index contributed by atoms with van der Waals surface area (Å²) in [6.07, 6.45) is 0.593. The quantitative estimate of drug-likeness (QED) is 0.839. The molecule has 0 aromatic heterocycles. The zero-order chi connectivity index (χ0) is 10.8. The van der Waals surface area contributed by atoms with Crippen LogP contribution in [0, 0.1) is 5.82 Å². The number of likely N-dealkylation sites (tertiary alicyclic amines) is 1. The molecule has 1 aromatic rings. The van der Waals surface area contributed by atoms with Gasteiger partial charge >= 0.3 is 0 Å². The molecule has 0 radical (unpaired) electrons. The van der Waals surface area contributed by atoms with Gasteiger partial charge in [0.1, 0.15) is 5.82 Å². The number of aliphatic hydroxyl groups is 1. The predicted molar refractivity (Wildman–Crippen MR) is 57.3 cm³/mol. The Hall–Kier alpha value is -0.640. The molecule has 0 spiro atoms. The van der Waals surface area contributed by atoms with E-state index in [-0.39, 0.29) is 16.9 Å². The van der Waals surface area contributed by atoms with Crippen LogP contribution < -0.4 is 0 Å². The summed E-state index contributed by atoms with van der Waals surface area (Å²) in [4.78, 5) is 2.13. The van der Waals surface area contributed by atoms with Crippen molar-refractivity contribution in [2.45, 2.75) is 19.1 Å². The highest BCUT2D eigenvalue weighted by atomic mass is 35.5. The Morgan fingerprint density at radius 2 is 2.33 bits per heavy atom. The summed E-state index contributed by atoms with van der Waals surface area (Å²) in [6.45, 7) is 2.29. The second-order valence-electron chi connectivity index (χ2n) is 3.93. The highest BCUT2D eigenvalue weighted by Gasteiger charge is 2.19. The van der Waals surface area contributed by atoms with E-state index in [1.54, 1.807) is 12.1 Å².